The molecule has 118 valence electrons. The van der Waals surface area contributed by atoms with E-state index >= 15 is 0 Å². The summed E-state index contributed by atoms with van der Waals surface area (Å²) in [4.78, 5) is 7.82. The molecule has 24 heavy (non-hydrogen) atoms. The van der Waals surface area contributed by atoms with E-state index in [0.29, 0.717) is 0 Å². The van der Waals surface area contributed by atoms with Crippen molar-refractivity contribution in [2.75, 3.05) is 18.4 Å². The highest BCUT2D eigenvalue weighted by molar-refractivity contribution is 5.99. The number of fused-ring (bicyclic) bond motifs is 2. The molecule has 4 rings (SSSR count). The van der Waals surface area contributed by atoms with Crippen LogP contribution >= 0.6 is 0 Å². The third-order valence-electron chi connectivity index (χ3n) is 4.20. The molecule has 0 bridgehead atoms. The highest BCUT2D eigenvalue weighted by Crippen LogP contribution is 2.22. The molecular weight excluding hydrogens is 294 g/mol. The summed E-state index contributed by atoms with van der Waals surface area (Å²) in [6.07, 6.45) is 3.95. The molecule has 4 aromatic rings. The van der Waals surface area contributed by atoms with Gasteiger partial charge in [0.1, 0.15) is 0 Å². The second kappa shape index (κ2) is 6.59. The van der Waals surface area contributed by atoms with Crippen LogP contribution < -0.4 is 5.32 Å². The quantitative estimate of drug-likeness (QED) is 0.401. The van der Waals surface area contributed by atoms with Gasteiger partial charge in [-0.1, -0.05) is 54.6 Å². The average molecular weight is 313 g/mol. The van der Waals surface area contributed by atoms with Crippen molar-refractivity contribution in [2.24, 2.45) is 4.99 Å². The van der Waals surface area contributed by atoms with Crippen LogP contribution in [0.15, 0.2) is 77.9 Å². The molecule has 0 fully saturated rings. The summed E-state index contributed by atoms with van der Waals surface area (Å²) < 4.78 is 0. The number of H-pyrrole nitrogens is 1. The maximum Gasteiger partial charge on any atom is 0.0562 e. The maximum atomic E-state index is 4.55. The lowest BCUT2D eigenvalue weighted by Crippen LogP contribution is -2.05. The Labute approximate surface area is 141 Å². The number of hydrogen-bond donors (Lipinski definition) is 2. The zero-order valence-electron chi connectivity index (χ0n) is 13.4. The van der Waals surface area contributed by atoms with Gasteiger partial charge in [-0.15, -0.1) is 0 Å². The Kier molecular flexibility index (Phi) is 3.98. The summed E-state index contributed by atoms with van der Waals surface area (Å²) in [7, 11) is 0. The number of aliphatic imine (C=N–C) groups is 1. The van der Waals surface area contributed by atoms with E-state index in [9.17, 15) is 0 Å². The number of anilines is 1. The molecule has 0 aliphatic rings. The van der Waals surface area contributed by atoms with Crippen molar-refractivity contribution in [3.05, 3.63) is 78.5 Å². The monoisotopic (exact) mass is 313 g/mol. The fraction of sp³-hybridized carbons (Fsp3) is 0.0952. The standard InChI is InChI=1S/C21H19N3/c1-2-8-18-16(6-1)7-5-11-20(18)23-13-12-22-14-17-15-24-21-10-4-3-9-19(17)21/h1-11,14-15,23-24H,12-13H2. The first-order chi connectivity index (χ1) is 11.9. The minimum atomic E-state index is 0.739. The summed E-state index contributed by atoms with van der Waals surface area (Å²) in [5, 5.41) is 7.20. The number of aromatic amines is 1. The van der Waals surface area contributed by atoms with E-state index in [-0.39, 0.29) is 0 Å². The second-order valence-electron chi connectivity index (χ2n) is 5.78. The average Bonchev–Trinajstić information content (AvgIpc) is 3.05. The zero-order valence-corrected chi connectivity index (χ0v) is 13.4. The van der Waals surface area contributed by atoms with Crippen molar-refractivity contribution >= 4 is 33.6 Å². The Balaban J connectivity index is 1.41. The third kappa shape index (κ3) is 2.88. The van der Waals surface area contributed by atoms with E-state index < -0.39 is 0 Å². The van der Waals surface area contributed by atoms with Crippen LogP contribution in [-0.4, -0.2) is 24.3 Å². The number of para-hydroxylation sites is 1. The van der Waals surface area contributed by atoms with Crippen LogP contribution in [0.25, 0.3) is 21.7 Å². The van der Waals surface area contributed by atoms with E-state index in [4.69, 9.17) is 0 Å². The smallest absolute Gasteiger partial charge is 0.0562 e. The number of nitrogens with zero attached hydrogens (tertiary/aromatic N) is 1. The van der Waals surface area contributed by atoms with Crippen molar-refractivity contribution in [1.82, 2.24) is 4.98 Å². The van der Waals surface area contributed by atoms with Crippen LogP contribution in [0.1, 0.15) is 5.56 Å². The van der Waals surface area contributed by atoms with Crippen molar-refractivity contribution < 1.29 is 0 Å². The van der Waals surface area contributed by atoms with Gasteiger partial charge in [-0.05, 0) is 17.5 Å². The van der Waals surface area contributed by atoms with Gasteiger partial charge in [0.15, 0.2) is 0 Å². The van der Waals surface area contributed by atoms with Crippen LogP contribution in [0.3, 0.4) is 0 Å². The zero-order chi connectivity index (χ0) is 16.2. The van der Waals surface area contributed by atoms with Gasteiger partial charge in [0.05, 0.1) is 6.54 Å². The molecule has 3 nitrogen and oxygen atoms in total. The van der Waals surface area contributed by atoms with Crippen LogP contribution in [-0.2, 0) is 0 Å². The highest BCUT2D eigenvalue weighted by atomic mass is 14.9. The molecule has 0 saturated heterocycles. The summed E-state index contributed by atoms with van der Waals surface area (Å²) in [6, 6.07) is 23.0. The molecule has 0 amide bonds. The van der Waals surface area contributed by atoms with E-state index in [1.807, 2.05) is 18.5 Å². The molecule has 1 aromatic heterocycles. The number of rotatable bonds is 5. The molecule has 3 heteroatoms. The molecule has 0 saturated carbocycles. The fourth-order valence-corrected chi connectivity index (χ4v) is 3.00. The largest absolute Gasteiger partial charge is 0.383 e. The van der Waals surface area contributed by atoms with E-state index in [1.165, 1.54) is 16.2 Å². The Morgan fingerprint density at radius 2 is 1.67 bits per heavy atom. The first-order valence-electron chi connectivity index (χ1n) is 8.19. The Hall–Kier alpha value is -3.07. The first kappa shape index (κ1) is 14.5. The van der Waals surface area contributed by atoms with Gasteiger partial charge in [0, 0.05) is 46.5 Å². The SMILES string of the molecule is C(=NCCNc1cccc2ccccc12)c1c[nH]c2ccccc12. The first-order valence-corrected chi connectivity index (χ1v) is 8.19. The maximum absolute atomic E-state index is 4.55. The van der Waals surface area contributed by atoms with Crippen molar-refractivity contribution in [3.63, 3.8) is 0 Å². The fourth-order valence-electron chi connectivity index (χ4n) is 3.00. The minimum Gasteiger partial charge on any atom is -0.383 e. The number of benzene rings is 3. The second-order valence-corrected chi connectivity index (χ2v) is 5.78. The number of hydrogen-bond acceptors (Lipinski definition) is 2. The van der Waals surface area contributed by atoms with Gasteiger partial charge >= 0.3 is 0 Å². The molecule has 3 aromatic carbocycles. The Bertz CT molecular complexity index is 993. The van der Waals surface area contributed by atoms with Crippen LogP contribution in [0.2, 0.25) is 0 Å². The molecule has 0 aliphatic carbocycles. The molecular formula is C21H19N3. The molecule has 1 heterocycles. The highest BCUT2D eigenvalue weighted by Gasteiger charge is 2.00. The molecule has 0 radical (unpaired) electrons. The van der Waals surface area contributed by atoms with Gasteiger partial charge < -0.3 is 10.3 Å². The lowest BCUT2D eigenvalue weighted by molar-refractivity contribution is 1.03. The van der Waals surface area contributed by atoms with E-state index in [0.717, 1.165) is 29.9 Å². The predicted molar refractivity (Wildman–Crippen MR) is 103 cm³/mol. The Morgan fingerprint density at radius 1 is 0.875 bits per heavy atom. The van der Waals surface area contributed by atoms with Gasteiger partial charge in [-0.3, -0.25) is 4.99 Å². The third-order valence-corrected chi connectivity index (χ3v) is 4.20. The van der Waals surface area contributed by atoms with Crippen LogP contribution in [0.4, 0.5) is 5.69 Å². The van der Waals surface area contributed by atoms with Crippen LogP contribution in [0.5, 0.6) is 0 Å². The minimum absolute atomic E-state index is 0.739. The lowest BCUT2D eigenvalue weighted by atomic mass is 10.1. The van der Waals surface area contributed by atoms with Crippen molar-refractivity contribution in [3.8, 4) is 0 Å². The van der Waals surface area contributed by atoms with E-state index in [2.05, 4.69) is 76.0 Å². The Morgan fingerprint density at radius 3 is 2.62 bits per heavy atom. The van der Waals surface area contributed by atoms with Crippen LogP contribution in [0, 0.1) is 0 Å². The topological polar surface area (TPSA) is 40.2 Å². The van der Waals surface area contributed by atoms with Gasteiger partial charge in [-0.2, -0.15) is 0 Å². The summed E-state index contributed by atoms with van der Waals surface area (Å²) in [5.74, 6) is 0. The summed E-state index contributed by atoms with van der Waals surface area (Å²) >= 11 is 0. The summed E-state index contributed by atoms with van der Waals surface area (Å²) in [6.45, 7) is 1.55. The normalized spacial score (nSPS) is 11.5. The summed E-state index contributed by atoms with van der Waals surface area (Å²) in [5.41, 5.74) is 3.44. The van der Waals surface area contributed by atoms with Crippen molar-refractivity contribution in [2.45, 2.75) is 0 Å². The lowest BCUT2D eigenvalue weighted by Gasteiger charge is -2.08. The number of aromatic nitrogens is 1. The van der Waals surface area contributed by atoms with Gasteiger partial charge in [0.25, 0.3) is 0 Å². The van der Waals surface area contributed by atoms with Gasteiger partial charge in [0.2, 0.25) is 0 Å². The van der Waals surface area contributed by atoms with E-state index in [1.54, 1.807) is 0 Å². The predicted octanol–water partition coefficient (Wildman–Crippen LogP) is 4.85. The molecule has 0 aliphatic heterocycles. The molecule has 0 spiro atoms. The molecule has 0 atom stereocenters. The number of nitrogens with one attached hydrogen (secondary N) is 2. The molecule has 2 N–H and O–H groups in total. The molecule has 0 unspecified atom stereocenters. The van der Waals surface area contributed by atoms with Crippen molar-refractivity contribution in [1.29, 1.82) is 0 Å². The van der Waals surface area contributed by atoms with Gasteiger partial charge in [-0.25, -0.2) is 0 Å².